The molecule has 1 amide bonds. The molecule has 0 fully saturated rings. The number of aromatic nitrogens is 1. The summed E-state index contributed by atoms with van der Waals surface area (Å²) in [4.78, 5) is 27.5. The molecule has 0 unspecified atom stereocenters. The first-order valence-corrected chi connectivity index (χ1v) is 6.71. The summed E-state index contributed by atoms with van der Waals surface area (Å²) in [6.07, 6.45) is 1.41. The predicted octanol–water partition coefficient (Wildman–Crippen LogP) is 3.43. The van der Waals surface area contributed by atoms with E-state index < -0.39 is 5.91 Å². The number of benzene rings is 2. The van der Waals surface area contributed by atoms with Crippen molar-refractivity contribution in [3.63, 3.8) is 0 Å². The van der Waals surface area contributed by atoms with Crippen molar-refractivity contribution in [2.45, 2.75) is 0 Å². The second-order valence-corrected chi connectivity index (χ2v) is 4.92. The van der Waals surface area contributed by atoms with Crippen LogP contribution in [0.3, 0.4) is 0 Å². The molecule has 0 atom stereocenters. The summed E-state index contributed by atoms with van der Waals surface area (Å²) in [6.45, 7) is 0. The molecule has 3 aromatic rings. The maximum Gasteiger partial charge on any atom is 0.261 e. The normalized spacial score (nSPS) is 10.5. The van der Waals surface area contributed by atoms with Crippen LogP contribution in [0, 0.1) is 0 Å². The summed E-state index contributed by atoms with van der Waals surface area (Å²) < 4.78 is 0. The van der Waals surface area contributed by atoms with Gasteiger partial charge >= 0.3 is 0 Å². The SMILES string of the molecule is O=C(Nc1ccccc1Cl)c1c[nH]c2ccccc2c1=O. The highest BCUT2D eigenvalue weighted by molar-refractivity contribution is 6.33. The van der Waals surface area contributed by atoms with Gasteiger partial charge < -0.3 is 10.3 Å². The lowest BCUT2D eigenvalue weighted by Gasteiger charge is -2.07. The van der Waals surface area contributed by atoms with Crippen molar-refractivity contribution in [1.82, 2.24) is 4.98 Å². The molecule has 0 radical (unpaired) electrons. The zero-order valence-electron chi connectivity index (χ0n) is 10.9. The minimum atomic E-state index is -0.491. The fraction of sp³-hybridized carbons (Fsp3) is 0. The lowest BCUT2D eigenvalue weighted by molar-refractivity contribution is 0.102. The number of rotatable bonds is 2. The first kappa shape index (κ1) is 13.4. The summed E-state index contributed by atoms with van der Waals surface area (Å²) in [7, 11) is 0. The quantitative estimate of drug-likeness (QED) is 0.761. The van der Waals surface area contributed by atoms with Crippen molar-refractivity contribution >= 4 is 34.1 Å². The minimum absolute atomic E-state index is 0.0496. The molecule has 104 valence electrons. The number of H-pyrrole nitrogens is 1. The lowest BCUT2D eigenvalue weighted by Crippen LogP contribution is -2.22. The van der Waals surface area contributed by atoms with Gasteiger partial charge in [0.2, 0.25) is 5.43 Å². The maximum absolute atomic E-state index is 12.3. The molecule has 0 aliphatic rings. The van der Waals surface area contributed by atoms with Crippen LogP contribution in [-0.2, 0) is 0 Å². The van der Waals surface area contributed by atoms with Gasteiger partial charge in [0.25, 0.3) is 5.91 Å². The third-order valence-corrected chi connectivity index (χ3v) is 3.48. The van der Waals surface area contributed by atoms with E-state index in [2.05, 4.69) is 10.3 Å². The molecule has 0 saturated carbocycles. The highest BCUT2D eigenvalue weighted by Crippen LogP contribution is 2.20. The van der Waals surface area contributed by atoms with Gasteiger partial charge in [0, 0.05) is 17.1 Å². The van der Waals surface area contributed by atoms with Crippen molar-refractivity contribution in [1.29, 1.82) is 0 Å². The number of aromatic amines is 1. The average Bonchev–Trinajstić information content (AvgIpc) is 2.50. The Morgan fingerprint density at radius 3 is 2.57 bits per heavy atom. The molecule has 4 nitrogen and oxygen atoms in total. The number of halogens is 1. The summed E-state index contributed by atoms with van der Waals surface area (Å²) in [5, 5.41) is 3.54. The summed E-state index contributed by atoms with van der Waals surface area (Å²) in [5.74, 6) is -0.491. The fourth-order valence-corrected chi connectivity index (χ4v) is 2.27. The maximum atomic E-state index is 12.3. The topological polar surface area (TPSA) is 62.0 Å². The second-order valence-electron chi connectivity index (χ2n) is 4.51. The van der Waals surface area contributed by atoms with Crippen LogP contribution in [0.2, 0.25) is 5.02 Å². The van der Waals surface area contributed by atoms with E-state index in [1.54, 1.807) is 42.5 Å². The molecule has 0 aliphatic carbocycles. The van der Waals surface area contributed by atoms with Crippen molar-refractivity contribution in [3.05, 3.63) is 75.5 Å². The van der Waals surface area contributed by atoms with Gasteiger partial charge in [0.05, 0.1) is 10.7 Å². The van der Waals surface area contributed by atoms with E-state index >= 15 is 0 Å². The molecular formula is C16H11ClN2O2. The minimum Gasteiger partial charge on any atom is -0.360 e. The van der Waals surface area contributed by atoms with E-state index in [9.17, 15) is 9.59 Å². The zero-order chi connectivity index (χ0) is 14.8. The Morgan fingerprint density at radius 1 is 1.05 bits per heavy atom. The van der Waals surface area contributed by atoms with E-state index in [0.717, 1.165) is 0 Å². The molecule has 2 N–H and O–H groups in total. The van der Waals surface area contributed by atoms with Crippen LogP contribution in [0.15, 0.2) is 59.5 Å². The van der Waals surface area contributed by atoms with Crippen LogP contribution >= 0.6 is 11.6 Å². The van der Waals surface area contributed by atoms with E-state index in [1.807, 2.05) is 6.07 Å². The first-order chi connectivity index (χ1) is 10.2. The number of anilines is 1. The second kappa shape index (κ2) is 5.42. The van der Waals surface area contributed by atoms with E-state index in [-0.39, 0.29) is 11.0 Å². The Hall–Kier alpha value is -2.59. The van der Waals surface area contributed by atoms with Crippen LogP contribution in [0.25, 0.3) is 10.9 Å². The number of para-hydroxylation sites is 2. The molecule has 3 rings (SSSR count). The standard InChI is InChI=1S/C16H11ClN2O2/c17-12-6-2-4-8-14(12)19-16(21)11-9-18-13-7-3-1-5-10(13)15(11)20/h1-9H,(H,18,20)(H,19,21). The summed E-state index contributed by atoms with van der Waals surface area (Å²) in [5.41, 5.74) is 0.899. The number of hydrogen-bond donors (Lipinski definition) is 2. The van der Waals surface area contributed by atoms with Gasteiger partial charge in [-0.1, -0.05) is 35.9 Å². The first-order valence-electron chi connectivity index (χ1n) is 6.33. The molecule has 2 aromatic carbocycles. The zero-order valence-corrected chi connectivity index (χ0v) is 11.6. The molecule has 0 spiro atoms. The van der Waals surface area contributed by atoms with E-state index in [0.29, 0.717) is 21.6 Å². The third kappa shape index (κ3) is 2.53. The summed E-state index contributed by atoms with van der Waals surface area (Å²) >= 11 is 5.99. The molecule has 21 heavy (non-hydrogen) atoms. The molecule has 0 saturated heterocycles. The van der Waals surface area contributed by atoms with Crippen molar-refractivity contribution < 1.29 is 4.79 Å². The van der Waals surface area contributed by atoms with Gasteiger partial charge in [0.1, 0.15) is 5.56 Å². The Kier molecular flexibility index (Phi) is 3.46. The van der Waals surface area contributed by atoms with Gasteiger partial charge in [-0.15, -0.1) is 0 Å². The highest BCUT2D eigenvalue weighted by atomic mass is 35.5. The Morgan fingerprint density at radius 2 is 1.76 bits per heavy atom. The molecule has 1 heterocycles. The molecular weight excluding hydrogens is 288 g/mol. The van der Waals surface area contributed by atoms with Crippen molar-refractivity contribution in [3.8, 4) is 0 Å². The number of fused-ring (bicyclic) bond motifs is 1. The largest absolute Gasteiger partial charge is 0.360 e. The Bertz CT molecular complexity index is 887. The number of hydrogen-bond acceptors (Lipinski definition) is 2. The number of pyridine rings is 1. The van der Waals surface area contributed by atoms with Crippen LogP contribution in [0.4, 0.5) is 5.69 Å². The fourth-order valence-electron chi connectivity index (χ4n) is 2.09. The average molecular weight is 299 g/mol. The van der Waals surface area contributed by atoms with Crippen LogP contribution in [0.5, 0.6) is 0 Å². The van der Waals surface area contributed by atoms with Crippen molar-refractivity contribution in [2.24, 2.45) is 0 Å². The molecule has 1 aromatic heterocycles. The molecule has 0 aliphatic heterocycles. The lowest BCUT2D eigenvalue weighted by atomic mass is 10.1. The smallest absolute Gasteiger partial charge is 0.261 e. The van der Waals surface area contributed by atoms with Gasteiger partial charge in [-0.3, -0.25) is 9.59 Å². The Balaban J connectivity index is 2.01. The number of carbonyl (C=O) groups is 1. The van der Waals surface area contributed by atoms with Crippen molar-refractivity contribution in [2.75, 3.05) is 5.32 Å². The third-order valence-electron chi connectivity index (χ3n) is 3.16. The number of amides is 1. The summed E-state index contributed by atoms with van der Waals surface area (Å²) in [6, 6.07) is 13.9. The highest BCUT2D eigenvalue weighted by Gasteiger charge is 2.13. The monoisotopic (exact) mass is 298 g/mol. The van der Waals surface area contributed by atoms with E-state index in [4.69, 9.17) is 11.6 Å². The van der Waals surface area contributed by atoms with Gasteiger partial charge in [-0.25, -0.2) is 0 Å². The Labute approximate surface area is 125 Å². The molecule has 5 heteroatoms. The van der Waals surface area contributed by atoms with Crippen LogP contribution < -0.4 is 10.7 Å². The van der Waals surface area contributed by atoms with E-state index in [1.165, 1.54) is 6.20 Å². The molecule has 0 bridgehead atoms. The number of carbonyl (C=O) groups excluding carboxylic acids is 1. The number of nitrogens with one attached hydrogen (secondary N) is 2. The van der Waals surface area contributed by atoms with Gasteiger partial charge in [0.15, 0.2) is 0 Å². The van der Waals surface area contributed by atoms with Gasteiger partial charge in [-0.2, -0.15) is 0 Å². The predicted molar refractivity (Wildman–Crippen MR) is 84.0 cm³/mol. The van der Waals surface area contributed by atoms with Crippen LogP contribution in [-0.4, -0.2) is 10.9 Å². The van der Waals surface area contributed by atoms with Crippen LogP contribution in [0.1, 0.15) is 10.4 Å². The van der Waals surface area contributed by atoms with Gasteiger partial charge in [-0.05, 0) is 24.3 Å².